The molecule has 0 atom stereocenters. The van der Waals surface area contributed by atoms with Gasteiger partial charge >= 0.3 is 0 Å². The van der Waals surface area contributed by atoms with E-state index in [4.69, 9.17) is 4.98 Å². The number of piperazine rings is 1. The van der Waals surface area contributed by atoms with Gasteiger partial charge in [-0.1, -0.05) is 30.3 Å². The van der Waals surface area contributed by atoms with Gasteiger partial charge in [0.25, 0.3) is 5.69 Å². The van der Waals surface area contributed by atoms with Gasteiger partial charge in [0, 0.05) is 56.2 Å². The number of aromatic nitrogens is 2. The first-order chi connectivity index (χ1) is 13.5. The SMILES string of the molecule is CC(=O)N1CCN(c2nc(-c3ccccc3)c3cc([N+](=O)[O-])ccc3n2)CC1. The zero-order valence-electron chi connectivity index (χ0n) is 15.4. The van der Waals surface area contributed by atoms with Crippen LogP contribution >= 0.6 is 0 Å². The molecule has 1 amide bonds. The number of hydrogen-bond donors (Lipinski definition) is 0. The molecule has 0 saturated carbocycles. The summed E-state index contributed by atoms with van der Waals surface area (Å²) in [7, 11) is 0. The molecule has 1 saturated heterocycles. The van der Waals surface area contributed by atoms with E-state index in [2.05, 4.69) is 4.98 Å². The molecule has 8 heteroatoms. The summed E-state index contributed by atoms with van der Waals surface area (Å²) in [5, 5.41) is 11.9. The van der Waals surface area contributed by atoms with Crippen molar-refractivity contribution in [2.75, 3.05) is 31.1 Å². The maximum absolute atomic E-state index is 11.6. The fourth-order valence-electron chi connectivity index (χ4n) is 3.40. The number of amides is 1. The number of non-ortho nitro benzene ring substituents is 1. The Morgan fingerprint density at radius 1 is 1.04 bits per heavy atom. The van der Waals surface area contributed by atoms with Gasteiger partial charge in [-0.2, -0.15) is 0 Å². The van der Waals surface area contributed by atoms with Crippen molar-refractivity contribution in [1.29, 1.82) is 0 Å². The molecule has 0 spiro atoms. The molecule has 2 heterocycles. The first-order valence-electron chi connectivity index (χ1n) is 9.05. The third-order valence-corrected chi connectivity index (χ3v) is 4.93. The summed E-state index contributed by atoms with van der Waals surface area (Å²) in [6.07, 6.45) is 0. The molecule has 2 aromatic carbocycles. The number of nitro benzene ring substituents is 1. The third kappa shape index (κ3) is 3.36. The first kappa shape index (κ1) is 17.8. The summed E-state index contributed by atoms with van der Waals surface area (Å²) in [6.45, 7) is 4.11. The summed E-state index contributed by atoms with van der Waals surface area (Å²) >= 11 is 0. The van der Waals surface area contributed by atoms with Gasteiger partial charge in [-0.05, 0) is 6.07 Å². The fourth-order valence-corrected chi connectivity index (χ4v) is 3.40. The van der Waals surface area contributed by atoms with Crippen LogP contribution in [0.25, 0.3) is 22.2 Å². The standard InChI is InChI=1S/C20H19N5O3/c1-14(26)23-9-11-24(12-10-23)20-21-18-8-7-16(25(27)28)13-17(18)19(22-20)15-5-3-2-4-6-15/h2-8,13H,9-12H2,1H3. The van der Waals surface area contributed by atoms with E-state index >= 15 is 0 Å². The number of carbonyl (C=O) groups is 1. The number of anilines is 1. The van der Waals surface area contributed by atoms with Gasteiger partial charge in [-0.15, -0.1) is 0 Å². The van der Waals surface area contributed by atoms with E-state index in [1.807, 2.05) is 35.2 Å². The van der Waals surface area contributed by atoms with E-state index in [1.165, 1.54) is 12.1 Å². The summed E-state index contributed by atoms with van der Waals surface area (Å²) in [4.78, 5) is 35.6. The molecule has 1 aliphatic heterocycles. The molecule has 0 aliphatic carbocycles. The number of carbonyl (C=O) groups excluding carboxylic acids is 1. The van der Waals surface area contributed by atoms with E-state index < -0.39 is 4.92 Å². The van der Waals surface area contributed by atoms with Crippen LogP contribution in [0.5, 0.6) is 0 Å². The van der Waals surface area contributed by atoms with Crippen molar-refractivity contribution >= 4 is 28.4 Å². The Hall–Kier alpha value is -3.55. The molecule has 0 N–H and O–H groups in total. The number of hydrogen-bond acceptors (Lipinski definition) is 6. The van der Waals surface area contributed by atoms with Crippen molar-refractivity contribution in [3.63, 3.8) is 0 Å². The zero-order chi connectivity index (χ0) is 19.7. The second kappa shape index (κ2) is 7.22. The van der Waals surface area contributed by atoms with E-state index in [1.54, 1.807) is 17.9 Å². The van der Waals surface area contributed by atoms with E-state index in [0.717, 1.165) is 5.56 Å². The van der Waals surface area contributed by atoms with Crippen LogP contribution in [0.1, 0.15) is 6.92 Å². The average molecular weight is 377 g/mol. The second-order valence-electron chi connectivity index (χ2n) is 6.69. The van der Waals surface area contributed by atoms with Gasteiger partial charge in [-0.25, -0.2) is 9.97 Å². The summed E-state index contributed by atoms with van der Waals surface area (Å²) in [6, 6.07) is 14.2. The van der Waals surface area contributed by atoms with Crippen molar-refractivity contribution in [3.8, 4) is 11.3 Å². The van der Waals surface area contributed by atoms with Crippen molar-refractivity contribution in [2.45, 2.75) is 6.92 Å². The van der Waals surface area contributed by atoms with Crippen LogP contribution in [0.4, 0.5) is 11.6 Å². The van der Waals surface area contributed by atoms with Crippen LogP contribution in [0.15, 0.2) is 48.5 Å². The highest BCUT2D eigenvalue weighted by atomic mass is 16.6. The number of fused-ring (bicyclic) bond motifs is 1. The lowest BCUT2D eigenvalue weighted by Gasteiger charge is -2.34. The maximum Gasteiger partial charge on any atom is 0.270 e. The summed E-state index contributed by atoms with van der Waals surface area (Å²) < 4.78 is 0. The van der Waals surface area contributed by atoms with Gasteiger partial charge in [-0.3, -0.25) is 14.9 Å². The smallest absolute Gasteiger partial charge is 0.270 e. The van der Waals surface area contributed by atoms with Crippen molar-refractivity contribution < 1.29 is 9.72 Å². The Morgan fingerprint density at radius 3 is 2.39 bits per heavy atom. The molecule has 0 radical (unpaired) electrons. The quantitative estimate of drug-likeness (QED) is 0.515. The van der Waals surface area contributed by atoms with Crippen LogP contribution in [-0.2, 0) is 4.79 Å². The molecule has 0 bridgehead atoms. The molecular weight excluding hydrogens is 358 g/mol. The van der Waals surface area contributed by atoms with E-state index in [-0.39, 0.29) is 11.6 Å². The number of nitro groups is 1. The largest absolute Gasteiger partial charge is 0.339 e. The molecule has 0 unspecified atom stereocenters. The minimum atomic E-state index is -0.414. The van der Waals surface area contributed by atoms with Gasteiger partial charge in [0.05, 0.1) is 16.1 Å². The first-order valence-corrected chi connectivity index (χ1v) is 9.05. The average Bonchev–Trinajstić information content (AvgIpc) is 2.73. The van der Waals surface area contributed by atoms with Crippen molar-refractivity contribution in [3.05, 3.63) is 58.6 Å². The van der Waals surface area contributed by atoms with Crippen molar-refractivity contribution in [2.24, 2.45) is 0 Å². The van der Waals surface area contributed by atoms with Gasteiger partial charge in [0.2, 0.25) is 11.9 Å². The van der Waals surface area contributed by atoms with Crippen LogP contribution in [0, 0.1) is 10.1 Å². The molecule has 142 valence electrons. The Bertz CT molecular complexity index is 1050. The molecule has 1 aromatic heterocycles. The van der Waals surface area contributed by atoms with E-state index in [0.29, 0.717) is 48.7 Å². The Balaban J connectivity index is 1.80. The molecule has 4 rings (SSSR count). The van der Waals surface area contributed by atoms with Crippen LogP contribution in [-0.4, -0.2) is 51.9 Å². The summed E-state index contributed by atoms with van der Waals surface area (Å²) in [5.74, 6) is 0.639. The lowest BCUT2D eigenvalue weighted by molar-refractivity contribution is -0.384. The Labute approximate surface area is 161 Å². The Morgan fingerprint density at radius 2 is 1.75 bits per heavy atom. The molecule has 28 heavy (non-hydrogen) atoms. The van der Waals surface area contributed by atoms with Gasteiger partial charge in [0.1, 0.15) is 0 Å². The number of rotatable bonds is 3. The van der Waals surface area contributed by atoms with Crippen molar-refractivity contribution in [1.82, 2.24) is 14.9 Å². The highest BCUT2D eigenvalue weighted by molar-refractivity contribution is 5.94. The number of nitrogens with zero attached hydrogens (tertiary/aromatic N) is 5. The normalized spacial score (nSPS) is 14.3. The predicted molar refractivity (Wildman–Crippen MR) is 106 cm³/mol. The second-order valence-corrected chi connectivity index (χ2v) is 6.69. The highest BCUT2D eigenvalue weighted by Gasteiger charge is 2.22. The molecule has 3 aromatic rings. The van der Waals surface area contributed by atoms with E-state index in [9.17, 15) is 14.9 Å². The lowest BCUT2D eigenvalue weighted by atomic mass is 10.1. The van der Waals surface area contributed by atoms with Crippen LogP contribution < -0.4 is 4.90 Å². The molecule has 1 fully saturated rings. The topological polar surface area (TPSA) is 92.5 Å². The van der Waals surface area contributed by atoms with Gasteiger partial charge in [0.15, 0.2) is 0 Å². The monoisotopic (exact) mass is 377 g/mol. The third-order valence-electron chi connectivity index (χ3n) is 4.93. The van der Waals surface area contributed by atoms with Crippen LogP contribution in [0.3, 0.4) is 0 Å². The highest BCUT2D eigenvalue weighted by Crippen LogP contribution is 2.31. The fraction of sp³-hybridized carbons (Fsp3) is 0.250. The molecule has 8 nitrogen and oxygen atoms in total. The minimum Gasteiger partial charge on any atom is -0.339 e. The lowest BCUT2D eigenvalue weighted by Crippen LogP contribution is -2.48. The molecular formula is C20H19N5O3. The summed E-state index contributed by atoms with van der Waals surface area (Å²) in [5.41, 5.74) is 2.21. The maximum atomic E-state index is 11.6. The van der Waals surface area contributed by atoms with Crippen LogP contribution in [0.2, 0.25) is 0 Å². The minimum absolute atomic E-state index is 0.0103. The number of benzene rings is 2. The van der Waals surface area contributed by atoms with Gasteiger partial charge < -0.3 is 9.80 Å². The zero-order valence-corrected chi connectivity index (χ0v) is 15.4. The Kier molecular flexibility index (Phi) is 4.60. The molecule has 1 aliphatic rings. The predicted octanol–water partition coefficient (Wildman–Crippen LogP) is 2.87.